The molecule has 0 aromatic carbocycles. The molecule has 1 saturated heterocycles. The third-order valence-corrected chi connectivity index (χ3v) is 4.63. The van der Waals surface area contributed by atoms with E-state index < -0.39 is 0 Å². The SMILES string of the molecule is CCC1CN(C2CCCC2C)CCC1N. The van der Waals surface area contributed by atoms with Crippen molar-refractivity contribution < 1.29 is 0 Å². The summed E-state index contributed by atoms with van der Waals surface area (Å²) in [5.41, 5.74) is 6.16. The first-order valence-electron chi connectivity index (χ1n) is 6.72. The van der Waals surface area contributed by atoms with Crippen LogP contribution in [0, 0.1) is 11.8 Å². The summed E-state index contributed by atoms with van der Waals surface area (Å²) in [6, 6.07) is 1.33. The van der Waals surface area contributed by atoms with Crippen LogP contribution < -0.4 is 5.73 Å². The summed E-state index contributed by atoms with van der Waals surface area (Å²) in [4.78, 5) is 2.73. The minimum Gasteiger partial charge on any atom is -0.327 e. The van der Waals surface area contributed by atoms with Crippen molar-refractivity contribution in [3.63, 3.8) is 0 Å². The van der Waals surface area contributed by atoms with E-state index in [0.29, 0.717) is 6.04 Å². The van der Waals surface area contributed by atoms with Crippen molar-refractivity contribution >= 4 is 0 Å². The van der Waals surface area contributed by atoms with E-state index in [2.05, 4.69) is 18.7 Å². The number of hydrogen-bond donors (Lipinski definition) is 1. The highest BCUT2D eigenvalue weighted by Crippen LogP contribution is 2.32. The van der Waals surface area contributed by atoms with Gasteiger partial charge in [0.1, 0.15) is 0 Å². The molecule has 4 atom stereocenters. The minimum absolute atomic E-state index is 0.461. The molecule has 1 saturated carbocycles. The second kappa shape index (κ2) is 4.84. The molecular formula is C13H26N2. The van der Waals surface area contributed by atoms with Gasteiger partial charge >= 0.3 is 0 Å². The molecule has 1 aliphatic carbocycles. The largest absolute Gasteiger partial charge is 0.327 e. The van der Waals surface area contributed by atoms with E-state index in [9.17, 15) is 0 Å². The van der Waals surface area contributed by atoms with E-state index in [-0.39, 0.29) is 0 Å². The maximum absolute atomic E-state index is 6.16. The molecule has 2 heteroatoms. The molecule has 2 aliphatic rings. The summed E-state index contributed by atoms with van der Waals surface area (Å²) in [7, 11) is 0. The predicted octanol–water partition coefficient (Wildman–Crippen LogP) is 2.23. The first-order valence-corrected chi connectivity index (χ1v) is 6.72. The minimum atomic E-state index is 0.461. The second-order valence-electron chi connectivity index (χ2n) is 5.59. The van der Waals surface area contributed by atoms with E-state index in [1.807, 2.05) is 0 Å². The highest BCUT2D eigenvalue weighted by molar-refractivity contribution is 4.89. The number of hydrogen-bond acceptors (Lipinski definition) is 2. The Morgan fingerprint density at radius 2 is 2.07 bits per heavy atom. The zero-order valence-corrected chi connectivity index (χ0v) is 10.3. The molecule has 0 spiro atoms. The fraction of sp³-hybridized carbons (Fsp3) is 1.00. The van der Waals surface area contributed by atoms with Gasteiger partial charge in [-0.3, -0.25) is 4.90 Å². The lowest BCUT2D eigenvalue weighted by atomic mass is 9.89. The molecule has 0 aromatic heterocycles. The van der Waals surface area contributed by atoms with Gasteiger partial charge in [0.25, 0.3) is 0 Å². The molecule has 2 rings (SSSR count). The topological polar surface area (TPSA) is 29.3 Å². The number of nitrogens with two attached hydrogens (primary N) is 1. The molecule has 0 bridgehead atoms. The van der Waals surface area contributed by atoms with E-state index in [1.165, 1.54) is 45.2 Å². The first-order chi connectivity index (χ1) is 7.22. The van der Waals surface area contributed by atoms with E-state index in [0.717, 1.165) is 17.9 Å². The van der Waals surface area contributed by atoms with Crippen molar-refractivity contribution in [1.29, 1.82) is 0 Å². The molecule has 15 heavy (non-hydrogen) atoms. The zero-order chi connectivity index (χ0) is 10.8. The van der Waals surface area contributed by atoms with E-state index in [1.54, 1.807) is 0 Å². The smallest absolute Gasteiger partial charge is 0.0121 e. The Morgan fingerprint density at radius 3 is 2.67 bits per heavy atom. The normalized spacial score (nSPS) is 43.4. The van der Waals surface area contributed by atoms with Crippen LogP contribution in [0.3, 0.4) is 0 Å². The third-order valence-electron chi connectivity index (χ3n) is 4.63. The lowest BCUT2D eigenvalue weighted by Gasteiger charge is -2.41. The molecule has 88 valence electrons. The predicted molar refractivity (Wildman–Crippen MR) is 64.7 cm³/mol. The Hall–Kier alpha value is -0.0800. The Bertz CT molecular complexity index is 205. The quantitative estimate of drug-likeness (QED) is 0.757. The Morgan fingerprint density at radius 1 is 1.27 bits per heavy atom. The van der Waals surface area contributed by atoms with Gasteiger partial charge in [0.2, 0.25) is 0 Å². The van der Waals surface area contributed by atoms with Gasteiger partial charge in [-0.2, -0.15) is 0 Å². The van der Waals surface area contributed by atoms with E-state index >= 15 is 0 Å². The Kier molecular flexibility index (Phi) is 3.68. The molecule has 0 aromatic rings. The van der Waals surface area contributed by atoms with Crippen LogP contribution >= 0.6 is 0 Å². The second-order valence-corrected chi connectivity index (χ2v) is 5.59. The zero-order valence-electron chi connectivity index (χ0n) is 10.3. The standard InChI is InChI=1S/C13H26N2/c1-3-11-9-15(8-7-12(11)14)13-6-4-5-10(13)2/h10-13H,3-9,14H2,1-2H3. The average molecular weight is 210 g/mol. The van der Waals surface area contributed by atoms with Crippen LogP contribution in [-0.2, 0) is 0 Å². The summed E-state index contributed by atoms with van der Waals surface area (Å²) >= 11 is 0. The first kappa shape index (κ1) is 11.4. The summed E-state index contributed by atoms with van der Waals surface area (Å²) in [5, 5.41) is 0. The van der Waals surface area contributed by atoms with Gasteiger partial charge in [0.05, 0.1) is 0 Å². The average Bonchev–Trinajstić information content (AvgIpc) is 2.65. The molecule has 2 N–H and O–H groups in total. The van der Waals surface area contributed by atoms with Crippen molar-refractivity contribution in [3.05, 3.63) is 0 Å². The molecular weight excluding hydrogens is 184 g/mol. The fourth-order valence-corrected chi connectivity index (χ4v) is 3.48. The van der Waals surface area contributed by atoms with Crippen molar-refractivity contribution in [2.45, 2.75) is 58.0 Å². The monoisotopic (exact) mass is 210 g/mol. The van der Waals surface area contributed by atoms with Gasteiger partial charge in [-0.05, 0) is 37.6 Å². The molecule has 0 radical (unpaired) electrons. The number of piperidine rings is 1. The van der Waals surface area contributed by atoms with Crippen LogP contribution in [0.25, 0.3) is 0 Å². The summed E-state index contributed by atoms with van der Waals surface area (Å²) < 4.78 is 0. The van der Waals surface area contributed by atoms with Gasteiger partial charge in [0.15, 0.2) is 0 Å². The summed E-state index contributed by atoms with van der Waals surface area (Å²) in [6.07, 6.45) is 6.75. The van der Waals surface area contributed by atoms with Crippen LogP contribution in [0.4, 0.5) is 0 Å². The fourth-order valence-electron chi connectivity index (χ4n) is 3.48. The maximum atomic E-state index is 6.16. The Balaban J connectivity index is 1.93. The number of nitrogens with zero attached hydrogens (tertiary/aromatic N) is 1. The van der Waals surface area contributed by atoms with Crippen LogP contribution in [-0.4, -0.2) is 30.1 Å². The van der Waals surface area contributed by atoms with Crippen LogP contribution in [0.2, 0.25) is 0 Å². The van der Waals surface area contributed by atoms with Crippen molar-refractivity contribution in [1.82, 2.24) is 4.90 Å². The van der Waals surface area contributed by atoms with Crippen molar-refractivity contribution in [2.24, 2.45) is 17.6 Å². The lowest BCUT2D eigenvalue weighted by Crippen LogP contribution is -2.51. The van der Waals surface area contributed by atoms with Gasteiger partial charge in [-0.15, -0.1) is 0 Å². The lowest BCUT2D eigenvalue weighted by molar-refractivity contribution is 0.0901. The van der Waals surface area contributed by atoms with Gasteiger partial charge in [-0.1, -0.05) is 26.7 Å². The van der Waals surface area contributed by atoms with Gasteiger partial charge < -0.3 is 5.73 Å². The molecule has 1 heterocycles. The number of likely N-dealkylation sites (tertiary alicyclic amines) is 1. The van der Waals surface area contributed by atoms with Crippen molar-refractivity contribution in [2.75, 3.05) is 13.1 Å². The van der Waals surface area contributed by atoms with E-state index in [4.69, 9.17) is 5.73 Å². The highest BCUT2D eigenvalue weighted by atomic mass is 15.2. The maximum Gasteiger partial charge on any atom is 0.0121 e. The third kappa shape index (κ3) is 2.36. The van der Waals surface area contributed by atoms with Gasteiger partial charge in [0, 0.05) is 18.6 Å². The molecule has 1 aliphatic heterocycles. The molecule has 2 fully saturated rings. The van der Waals surface area contributed by atoms with Crippen LogP contribution in [0.5, 0.6) is 0 Å². The molecule has 0 amide bonds. The molecule has 2 nitrogen and oxygen atoms in total. The summed E-state index contributed by atoms with van der Waals surface area (Å²) in [6.45, 7) is 7.21. The molecule has 4 unspecified atom stereocenters. The Labute approximate surface area is 94.2 Å². The van der Waals surface area contributed by atoms with Crippen LogP contribution in [0.15, 0.2) is 0 Å². The summed E-state index contributed by atoms with van der Waals surface area (Å²) in [5.74, 6) is 1.66. The number of rotatable bonds is 2. The van der Waals surface area contributed by atoms with Crippen LogP contribution in [0.1, 0.15) is 46.0 Å². The van der Waals surface area contributed by atoms with Gasteiger partial charge in [-0.25, -0.2) is 0 Å². The van der Waals surface area contributed by atoms with Crippen molar-refractivity contribution in [3.8, 4) is 0 Å². The highest BCUT2D eigenvalue weighted by Gasteiger charge is 2.34.